The van der Waals surface area contributed by atoms with Crippen molar-refractivity contribution in [3.05, 3.63) is 71.4 Å². The fourth-order valence-corrected chi connectivity index (χ4v) is 2.20. The molecule has 4 nitrogen and oxygen atoms in total. The lowest BCUT2D eigenvalue weighted by atomic mass is 10.2. The average molecular weight is 275 g/mol. The summed E-state index contributed by atoms with van der Waals surface area (Å²) in [6, 6.07) is 18.9. The molecule has 2 N–H and O–H groups in total. The molecule has 0 spiro atoms. The molecule has 3 aromatic rings. The van der Waals surface area contributed by atoms with Crippen LogP contribution in [0.1, 0.15) is 21.6 Å². The third-order valence-corrected chi connectivity index (χ3v) is 3.29. The summed E-state index contributed by atoms with van der Waals surface area (Å²) in [5, 5.41) is 12.6. The lowest BCUT2D eigenvalue weighted by molar-refractivity contribution is 0.0947. The summed E-state index contributed by atoms with van der Waals surface area (Å²) in [6.07, 6.45) is 0. The molecule has 102 valence electrons. The Kier molecular flexibility index (Phi) is 3.40. The fourth-order valence-electron chi connectivity index (χ4n) is 2.20. The van der Waals surface area contributed by atoms with Crippen LogP contribution in [0.15, 0.2) is 54.6 Å². The third kappa shape index (κ3) is 2.77. The minimum absolute atomic E-state index is 0.159. The number of aromatic amines is 1. The summed E-state index contributed by atoms with van der Waals surface area (Å²) in [5.41, 5.74) is 2.97. The van der Waals surface area contributed by atoms with E-state index in [1.165, 1.54) is 0 Å². The van der Waals surface area contributed by atoms with E-state index < -0.39 is 0 Å². The topological polar surface area (TPSA) is 68.7 Å². The van der Waals surface area contributed by atoms with E-state index in [1.807, 2.05) is 36.4 Å². The van der Waals surface area contributed by atoms with Crippen molar-refractivity contribution in [2.24, 2.45) is 0 Å². The van der Waals surface area contributed by atoms with Crippen molar-refractivity contribution in [3.8, 4) is 6.07 Å². The number of H-pyrrole nitrogens is 1. The van der Waals surface area contributed by atoms with E-state index >= 15 is 0 Å². The van der Waals surface area contributed by atoms with E-state index in [-0.39, 0.29) is 5.91 Å². The smallest absolute Gasteiger partial charge is 0.267 e. The van der Waals surface area contributed by atoms with Crippen LogP contribution < -0.4 is 5.32 Å². The highest BCUT2D eigenvalue weighted by Crippen LogP contribution is 2.17. The molecular formula is C17H13N3O. The molecule has 0 atom stereocenters. The van der Waals surface area contributed by atoms with Gasteiger partial charge in [-0.05, 0) is 29.8 Å². The molecule has 1 heterocycles. The lowest BCUT2D eigenvalue weighted by Crippen LogP contribution is -2.22. The van der Waals surface area contributed by atoms with E-state index in [4.69, 9.17) is 5.26 Å². The number of aromatic nitrogens is 1. The maximum Gasteiger partial charge on any atom is 0.267 e. The van der Waals surface area contributed by atoms with Gasteiger partial charge in [0.15, 0.2) is 0 Å². The highest BCUT2D eigenvalue weighted by atomic mass is 16.1. The molecule has 4 heteroatoms. The van der Waals surface area contributed by atoms with Crippen molar-refractivity contribution in [1.82, 2.24) is 10.3 Å². The van der Waals surface area contributed by atoms with E-state index in [9.17, 15) is 4.79 Å². The molecule has 1 amide bonds. The number of hydrogen-bond acceptors (Lipinski definition) is 2. The van der Waals surface area contributed by atoms with Gasteiger partial charge in [0.05, 0.1) is 11.6 Å². The van der Waals surface area contributed by atoms with E-state index in [2.05, 4.69) is 16.4 Å². The quantitative estimate of drug-likeness (QED) is 0.771. The molecule has 0 saturated carbocycles. The zero-order valence-corrected chi connectivity index (χ0v) is 11.3. The number of carbonyl (C=O) groups excluding carboxylic acids is 1. The first-order chi connectivity index (χ1) is 10.3. The SMILES string of the molecule is N#Cc1ccc2[nH]c(C(=O)NCc3ccccc3)cc2c1. The van der Waals surface area contributed by atoms with Gasteiger partial charge in [0, 0.05) is 17.4 Å². The zero-order valence-electron chi connectivity index (χ0n) is 11.3. The van der Waals surface area contributed by atoms with Crippen LogP contribution in [0.4, 0.5) is 0 Å². The van der Waals surface area contributed by atoms with Crippen molar-refractivity contribution in [2.45, 2.75) is 6.54 Å². The number of carbonyl (C=O) groups is 1. The Morgan fingerprint density at radius 3 is 2.71 bits per heavy atom. The van der Waals surface area contributed by atoms with Crippen LogP contribution in [0.25, 0.3) is 10.9 Å². The number of rotatable bonds is 3. The highest BCUT2D eigenvalue weighted by Gasteiger charge is 2.09. The fraction of sp³-hybridized carbons (Fsp3) is 0.0588. The van der Waals surface area contributed by atoms with Gasteiger partial charge in [0.1, 0.15) is 5.69 Å². The largest absolute Gasteiger partial charge is 0.351 e. The second-order valence-corrected chi connectivity index (χ2v) is 4.77. The minimum Gasteiger partial charge on any atom is -0.351 e. The number of nitrogens with zero attached hydrogens (tertiary/aromatic N) is 1. The van der Waals surface area contributed by atoms with Gasteiger partial charge in [-0.15, -0.1) is 0 Å². The number of fused-ring (bicyclic) bond motifs is 1. The molecule has 21 heavy (non-hydrogen) atoms. The van der Waals surface area contributed by atoms with Crippen LogP contribution in [0.2, 0.25) is 0 Å². The second kappa shape index (κ2) is 5.51. The van der Waals surface area contributed by atoms with E-state index in [1.54, 1.807) is 18.2 Å². The Hall–Kier alpha value is -3.06. The zero-order chi connectivity index (χ0) is 14.7. The van der Waals surface area contributed by atoms with Crippen molar-refractivity contribution < 1.29 is 4.79 Å². The first kappa shape index (κ1) is 12.9. The Balaban J connectivity index is 1.77. The maximum atomic E-state index is 12.1. The first-order valence-corrected chi connectivity index (χ1v) is 6.61. The van der Waals surface area contributed by atoms with Crippen molar-refractivity contribution in [3.63, 3.8) is 0 Å². The third-order valence-electron chi connectivity index (χ3n) is 3.29. The minimum atomic E-state index is -0.159. The van der Waals surface area contributed by atoms with Gasteiger partial charge in [-0.25, -0.2) is 0 Å². The van der Waals surface area contributed by atoms with Crippen LogP contribution >= 0.6 is 0 Å². The summed E-state index contributed by atoms with van der Waals surface area (Å²) in [6.45, 7) is 0.485. The number of amides is 1. The van der Waals surface area contributed by atoms with E-state index in [0.717, 1.165) is 16.5 Å². The molecule has 0 aliphatic heterocycles. The molecule has 0 bridgehead atoms. The summed E-state index contributed by atoms with van der Waals surface area (Å²) in [4.78, 5) is 15.2. The standard InChI is InChI=1S/C17H13N3O/c18-10-13-6-7-15-14(8-13)9-16(20-15)17(21)19-11-12-4-2-1-3-5-12/h1-9,20H,11H2,(H,19,21). The Bertz CT molecular complexity index is 828. The van der Waals surface area contributed by atoms with Gasteiger partial charge < -0.3 is 10.3 Å². The molecule has 0 aliphatic rings. The molecule has 0 aliphatic carbocycles. The number of nitrogens with one attached hydrogen (secondary N) is 2. The van der Waals surface area contributed by atoms with E-state index in [0.29, 0.717) is 17.8 Å². The monoisotopic (exact) mass is 275 g/mol. The highest BCUT2D eigenvalue weighted by molar-refractivity contribution is 5.98. The van der Waals surface area contributed by atoms with Crippen LogP contribution in [0, 0.1) is 11.3 Å². The molecule has 1 aromatic heterocycles. The van der Waals surface area contributed by atoms with Gasteiger partial charge in [0.2, 0.25) is 0 Å². The molecule has 2 aromatic carbocycles. The van der Waals surface area contributed by atoms with Crippen molar-refractivity contribution in [2.75, 3.05) is 0 Å². The summed E-state index contributed by atoms with van der Waals surface area (Å²) in [5.74, 6) is -0.159. The molecule has 0 unspecified atom stereocenters. The summed E-state index contributed by atoms with van der Waals surface area (Å²) >= 11 is 0. The summed E-state index contributed by atoms with van der Waals surface area (Å²) < 4.78 is 0. The molecule has 0 fully saturated rings. The first-order valence-electron chi connectivity index (χ1n) is 6.61. The van der Waals surface area contributed by atoms with Crippen LogP contribution in [-0.4, -0.2) is 10.9 Å². The van der Waals surface area contributed by atoms with Gasteiger partial charge in [-0.2, -0.15) is 5.26 Å². The average Bonchev–Trinajstić information content (AvgIpc) is 2.96. The van der Waals surface area contributed by atoms with Crippen LogP contribution in [0.5, 0.6) is 0 Å². The number of benzene rings is 2. The Labute approximate surface area is 122 Å². The van der Waals surface area contributed by atoms with Gasteiger partial charge >= 0.3 is 0 Å². The number of nitriles is 1. The Morgan fingerprint density at radius 1 is 1.14 bits per heavy atom. The van der Waals surface area contributed by atoms with Crippen LogP contribution in [0.3, 0.4) is 0 Å². The predicted molar refractivity (Wildman–Crippen MR) is 80.6 cm³/mol. The van der Waals surface area contributed by atoms with Crippen molar-refractivity contribution in [1.29, 1.82) is 5.26 Å². The van der Waals surface area contributed by atoms with Crippen LogP contribution in [-0.2, 0) is 6.54 Å². The predicted octanol–water partition coefficient (Wildman–Crippen LogP) is 2.97. The van der Waals surface area contributed by atoms with Gasteiger partial charge in [-0.1, -0.05) is 30.3 Å². The van der Waals surface area contributed by atoms with Gasteiger partial charge in [0.25, 0.3) is 5.91 Å². The summed E-state index contributed by atoms with van der Waals surface area (Å²) in [7, 11) is 0. The lowest BCUT2D eigenvalue weighted by Gasteiger charge is -2.03. The molecule has 0 saturated heterocycles. The number of hydrogen-bond donors (Lipinski definition) is 2. The Morgan fingerprint density at radius 2 is 1.95 bits per heavy atom. The molecular weight excluding hydrogens is 262 g/mol. The second-order valence-electron chi connectivity index (χ2n) is 4.77. The van der Waals surface area contributed by atoms with Crippen molar-refractivity contribution >= 4 is 16.8 Å². The maximum absolute atomic E-state index is 12.1. The normalized spacial score (nSPS) is 10.2. The molecule has 0 radical (unpaired) electrons. The molecule has 3 rings (SSSR count). The van der Waals surface area contributed by atoms with Gasteiger partial charge in [-0.3, -0.25) is 4.79 Å².